The lowest BCUT2D eigenvalue weighted by Gasteiger charge is -2.15. The summed E-state index contributed by atoms with van der Waals surface area (Å²) < 4.78 is 0. The van der Waals surface area contributed by atoms with Gasteiger partial charge in [0, 0.05) is 26.9 Å². The Balaban J connectivity index is 2.60. The van der Waals surface area contributed by atoms with E-state index in [0.717, 1.165) is 5.39 Å². The van der Waals surface area contributed by atoms with Gasteiger partial charge in [-0.15, -0.1) is 0 Å². The standard InChI is InChI=1S/C16H4Cl4O2/c17-7-4-2-5-1-3-6-9-8(5)10(7)12(18)13(19)11(9)14(20)16(22)15(6)21/h1-4H. The molecule has 0 fully saturated rings. The fourth-order valence-electron chi connectivity index (χ4n) is 2.93. The zero-order valence-corrected chi connectivity index (χ0v) is 13.7. The minimum atomic E-state index is -0.781. The molecule has 0 radical (unpaired) electrons. The highest BCUT2D eigenvalue weighted by atomic mass is 35.5. The van der Waals surface area contributed by atoms with E-state index in [2.05, 4.69) is 0 Å². The van der Waals surface area contributed by atoms with Gasteiger partial charge in [-0.3, -0.25) is 9.59 Å². The SMILES string of the molecule is O=c1c(Cl)c2c(Cl)c(Cl)c3c(Cl)ccc4ccc(c1=O)c2c43. The summed E-state index contributed by atoms with van der Waals surface area (Å²) in [4.78, 5) is 24.3. The van der Waals surface area contributed by atoms with Gasteiger partial charge in [-0.1, -0.05) is 58.5 Å². The molecule has 0 bridgehead atoms. The molecule has 0 saturated carbocycles. The second-order valence-electron chi connectivity index (χ2n) is 4.98. The van der Waals surface area contributed by atoms with Crippen LogP contribution in [-0.4, -0.2) is 0 Å². The van der Waals surface area contributed by atoms with Crippen LogP contribution in [0.2, 0.25) is 20.1 Å². The molecular formula is C16H4Cl4O2. The smallest absolute Gasteiger partial charge is 0.245 e. The average Bonchev–Trinajstić information content (AvgIpc) is 2.51. The molecule has 0 heterocycles. The van der Waals surface area contributed by atoms with Crippen LogP contribution in [0.15, 0.2) is 33.9 Å². The zero-order chi connectivity index (χ0) is 15.8. The van der Waals surface area contributed by atoms with Crippen molar-refractivity contribution in [1.29, 1.82) is 0 Å². The van der Waals surface area contributed by atoms with Crippen LogP contribution in [0.25, 0.3) is 32.3 Å². The first-order chi connectivity index (χ1) is 10.4. The summed E-state index contributed by atoms with van der Waals surface area (Å²) in [5.74, 6) is 0. The molecule has 0 atom stereocenters. The van der Waals surface area contributed by atoms with Crippen LogP contribution < -0.4 is 10.9 Å². The molecule has 2 nitrogen and oxygen atoms in total. The highest BCUT2D eigenvalue weighted by Gasteiger charge is 2.23. The van der Waals surface area contributed by atoms with Gasteiger partial charge in [-0.25, -0.2) is 0 Å². The molecule has 0 aromatic heterocycles. The van der Waals surface area contributed by atoms with E-state index < -0.39 is 10.9 Å². The summed E-state index contributed by atoms with van der Waals surface area (Å²) in [6.45, 7) is 0. The van der Waals surface area contributed by atoms with Gasteiger partial charge in [0.2, 0.25) is 10.9 Å². The van der Waals surface area contributed by atoms with E-state index in [-0.39, 0.29) is 20.5 Å². The number of hydrogen-bond acceptors (Lipinski definition) is 2. The lowest BCUT2D eigenvalue weighted by molar-refractivity contribution is 1.56. The fourth-order valence-corrected chi connectivity index (χ4v) is 4.12. The number of benzene rings is 4. The molecule has 0 N–H and O–H groups in total. The van der Waals surface area contributed by atoms with Crippen molar-refractivity contribution in [3.63, 3.8) is 0 Å². The van der Waals surface area contributed by atoms with Gasteiger partial charge in [0.05, 0.1) is 15.1 Å². The molecule has 4 aromatic carbocycles. The summed E-state index contributed by atoms with van der Waals surface area (Å²) in [5, 5.41) is 3.73. The van der Waals surface area contributed by atoms with E-state index in [0.29, 0.717) is 26.6 Å². The molecule has 0 aliphatic rings. The molecule has 4 rings (SSSR count). The highest BCUT2D eigenvalue weighted by molar-refractivity contribution is 6.55. The van der Waals surface area contributed by atoms with Gasteiger partial charge < -0.3 is 0 Å². The van der Waals surface area contributed by atoms with Crippen LogP contribution in [0.5, 0.6) is 0 Å². The fraction of sp³-hybridized carbons (Fsp3) is 0. The van der Waals surface area contributed by atoms with Crippen LogP contribution in [-0.2, 0) is 0 Å². The van der Waals surface area contributed by atoms with E-state index in [9.17, 15) is 9.59 Å². The molecule has 0 spiro atoms. The summed E-state index contributed by atoms with van der Waals surface area (Å²) in [5.41, 5.74) is -1.43. The summed E-state index contributed by atoms with van der Waals surface area (Å²) in [6, 6.07) is 6.88. The third kappa shape index (κ3) is 1.59. The molecule has 0 aliphatic heterocycles. The van der Waals surface area contributed by atoms with Crippen LogP contribution >= 0.6 is 46.4 Å². The predicted octanol–water partition coefficient (Wildman–Crippen LogP) is 5.36. The largest absolute Gasteiger partial charge is 0.285 e. The molecule has 6 heteroatoms. The van der Waals surface area contributed by atoms with Crippen molar-refractivity contribution in [2.75, 3.05) is 0 Å². The first-order valence-electron chi connectivity index (χ1n) is 6.24. The van der Waals surface area contributed by atoms with E-state index in [1.165, 1.54) is 0 Å². The highest BCUT2D eigenvalue weighted by Crippen LogP contribution is 2.46. The van der Waals surface area contributed by atoms with E-state index >= 15 is 0 Å². The lowest BCUT2D eigenvalue weighted by atomic mass is 9.94. The van der Waals surface area contributed by atoms with Crippen molar-refractivity contribution in [3.8, 4) is 0 Å². The quantitative estimate of drug-likeness (QED) is 0.309. The monoisotopic (exact) mass is 368 g/mol. The van der Waals surface area contributed by atoms with E-state index in [1.54, 1.807) is 18.2 Å². The topological polar surface area (TPSA) is 34.1 Å². The average molecular weight is 370 g/mol. The van der Waals surface area contributed by atoms with E-state index in [4.69, 9.17) is 46.4 Å². The normalized spacial score (nSPS) is 12.0. The molecule has 108 valence electrons. The van der Waals surface area contributed by atoms with Crippen molar-refractivity contribution in [3.05, 3.63) is 64.8 Å². The van der Waals surface area contributed by atoms with Crippen LogP contribution in [0.1, 0.15) is 0 Å². The molecule has 0 unspecified atom stereocenters. The maximum Gasteiger partial charge on any atom is 0.245 e. The summed E-state index contributed by atoms with van der Waals surface area (Å²) >= 11 is 25.0. The first kappa shape index (κ1) is 14.3. The maximum atomic E-state index is 12.2. The van der Waals surface area contributed by atoms with Gasteiger partial charge in [0.15, 0.2) is 0 Å². The van der Waals surface area contributed by atoms with Crippen LogP contribution in [0, 0.1) is 0 Å². The van der Waals surface area contributed by atoms with Gasteiger partial charge in [0.25, 0.3) is 0 Å². The molecule has 0 aliphatic carbocycles. The first-order valence-corrected chi connectivity index (χ1v) is 7.75. The second-order valence-corrected chi connectivity index (χ2v) is 6.52. The number of halogens is 4. The minimum Gasteiger partial charge on any atom is -0.285 e. The van der Waals surface area contributed by atoms with Crippen molar-refractivity contribution in [1.82, 2.24) is 0 Å². The Labute approximate surface area is 143 Å². The number of hydrogen-bond donors (Lipinski definition) is 0. The summed E-state index contributed by atoms with van der Waals surface area (Å²) in [6.07, 6.45) is 0. The Kier molecular flexibility index (Phi) is 2.98. The van der Waals surface area contributed by atoms with Gasteiger partial charge in [-0.2, -0.15) is 0 Å². The van der Waals surface area contributed by atoms with E-state index in [1.807, 2.05) is 6.07 Å². The predicted molar refractivity (Wildman–Crippen MR) is 93.9 cm³/mol. The Morgan fingerprint density at radius 1 is 0.591 bits per heavy atom. The molecule has 0 amide bonds. The van der Waals surface area contributed by atoms with Crippen molar-refractivity contribution in [2.24, 2.45) is 0 Å². The Morgan fingerprint density at radius 2 is 1.23 bits per heavy atom. The zero-order valence-electron chi connectivity index (χ0n) is 10.6. The van der Waals surface area contributed by atoms with Crippen molar-refractivity contribution in [2.45, 2.75) is 0 Å². The minimum absolute atomic E-state index is 0.127. The maximum absolute atomic E-state index is 12.2. The summed E-state index contributed by atoms with van der Waals surface area (Å²) in [7, 11) is 0. The molecule has 4 aromatic rings. The second kappa shape index (κ2) is 4.59. The van der Waals surface area contributed by atoms with Crippen LogP contribution in [0.3, 0.4) is 0 Å². The van der Waals surface area contributed by atoms with Gasteiger partial charge in [-0.05, 0) is 17.5 Å². The third-order valence-electron chi connectivity index (χ3n) is 3.89. The Bertz CT molecular complexity index is 1200. The number of rotatable bonds is 0. The third-order valence-corrected chi connectivity index (χ3v) is 5.42. The van der Waals surface area contributed by atoms with Gasteiger partial charge >= 0.3 is 0 Å². The Morgan fingerprint density at radius 3 is 1.95 bits per heavy atom. The molecule has 0 saturated heterocycles. The molecular weight excluding hydrogens is 366 g/mol. The molecule has 22 heavy (non-hydrogen) atoms. The van der Waals surface area contributed by atoms with Crippen molar-refractivity contribution < 1.29 is 0 Å². The van der Waals surface area contributed by atoms with Gasteiger partial charge in [0.1, 0.15) is 5.02 Å². The van der Waals surface area contributed by atoms with Crippen LogP contribution in [0.4, 0.5) is 0 Å². The van der Waals surface area contributed by atoms with Crippen molar-refractivity contribution >= 4 is 78.7 Å². The Hall–Kier alpha value is -1.32. The lowest BCUT2D eigenvalue weighted by Crippen LogP contribution is -2.24.